The highest BCUT2D eigenvalue weighted by Gasteiger charge is 2.33. The van der Waals surface area contributed by atoms with Gasteiger partial charge in [0.15, 0.2) is 0 Å². The fourth-order valence-corrected chi connectivity index (χ4v) is 3.56. The second-order valence-electron chi connectivity index (χ2n) is 7.49. The molecule has 1 aliphatic heterocycles. The molecule has 174 valence electrons. The molecule has 10 heteroatoms. The number of carbonyl (C=O) groups is 2. The van der Waals surface area contributed by atoms with E-state index in [9.17, 15) is 27.2 Å². The number of nitrogens with zero attached hydrogens (tertiary/aromatic N) is 2. The predicted molar refractivity (Wildman–Crippen MR) is 119 cm³/mol. The molecule has 1 atom stereocenters. The van der Waals surface area contributed by atoms with Gasteiger partial charge in [-0.1, -0.05) is 48.5 Å². The Morgan fingerprint density at radius 1 is 1.00 bits per heavy atom. The number of benzene rings is 3. The highest BCUT2D eigenvalue weighted by molar-refractivity contribution is 6.20. The second kappa shape index (κ2) is 8.97. The van der Waals surface area contributed by atoms with Gasteiger partial charge in [-0.2, -0.15) is 13.2 Å². The van der Waals surface area contributed by atoms with Gasteiger partial charge >= 0.3 is 12.2 Å². The molecule has 0 aliphatic carbocycles. The number of halogens is 4. The zero-order valence-corrected chi connectivity index (χ0v) is 17.7. The van der Waals surface area contributed by atoms with Gasteiger partial charge in [0.05, 0.1) is 17.0 Å². The molecule has 0 radical (unpaired) electrons. The monoisotopic (exact) mass is 470 g/mol. The molecule has 6 nitrogen and oxygen atoms in total. The van der Waals surface area contributed by atoms with Crippen molar-refractivity contribution in [3.63, 3.8) is 0 Å². The summed E-state index contributed by atoms with van der Waals surface area (Å²) >= 11 is 0. The van der Waals surface area contributed by atoms with Crippen LogP contribution >= 0.6 is 0 Å². The number of fused-ring (bicyclic) bond motifs is 1. The van der Waals surface area contributed by atoms with E-state index in [1.54, 1.807) is 48.5 Å². The highest BCUT2D eigenvalue weighted by Crippen LogP contribution is 2.32. The highest BCUT2D eigenvalue weighted by atomic mass is 19.4. The minimum Gasteiger partial charge on any atom is -0.311 e. The van der Waals surface area contributed by atoms with Crippen LogP contribution in [0.1, 0.15) is 16.7 Å². The molecule has 4 rings (SSSR count). The number of benzodiazepines with no additional fused rings is 1. The summed E-state index contributed by atoms with van der Waals surface area (Å²) in [6.45, 7) is 0. The van der Waals surface area contributed by atoms with Crippen molar-refractivity contribution in [3.8, 4) is 0 Å². The van der Waals surface area contributed by atoms with Crippen molar-refractivity contribution < 1.29 is 27.2 Å². The minimum absolute atomic E-state index is 0.320. The van der Waals surface area contributed by atoms with Gasteiger partial charge in [0, 0.05) is 23.9 Å². The number of likely N-dealkylation sites (N-methyl/N-ethyl adjacent to an activating group) is 1. The van der Waals surface area contributed by atoms with Gasteiger partial charge in [-0.05, 0) is 24.3 Å². The maximum Gasteiger partial charge on any atom is 0.416 e. The number of hydrogen-bond donors (Lipinski definition) is 2. The molecule has 0 unspecified atom stereocenters. The van der Waals surface area contributed by atoms with Crippen LogP contribution in [-0.2, 0) is 11.0 Å². The summed E-state index contributed by atoms with van der Waals surface area (Å²) in [5, 5.41) is 4.51. The molecule has 0 spiro atoms. The van der Waals surface area contributed by atoms with Crippen LogP contribution in [0.3, 0.4) is 0 Å². The number of hydrogen-bond acceptors (Lipinski definition) is 3. The van der Waals surface area contributed by atoms with Crippen molar-refractivity contribution in [1.82, 2.24) is 5.32 Å². The standard InChI is InChI=1S/C24H18F4N4O2/c1-32-19-10-6-5-9-18(19)20(14-7-3-2-4-8-14)30-21(22(32)33)31-23(34)29-17-12-15(24(26,27)28)11-16(25)13-17/h2-13,21H,1H3,(H2,29,31,34)/t21-/m0/s1. The molecule has 0 aromatic heterocycles. The zero-order chi connectivity index (χ0) is 24.5. The lowest BCUT2D eigenvalue weighted by molar-refractivity contribution is -0.137. The normalized spacial score (nSPS) is 15.8. The first-order chi connectivity index (χ1) is 16.1. The van der Waals surface area contributed by atoms with Gasteiger partial charge in [0.25, 0.3) is 5.91 Å². The summed E-state index contributed by atoms with van der Waals surface area (Å²) in [5.41, 5.74) is 0.700. The fraction of sp³-hybridized carbons (Fsp3) is 0.125. The molecule has 0 saturated heterocycles. The van der Waals surface area contributed by atoms with Crippen LogP contribution < -0.4 is 15.5 Å². The van der Waals surface area contributed by atoms with Gasteiger partial charge < -0.3 is 15.5 Å². The Kier molecular flexibility index (Phi) is 6.06. The third kappa shape index (κ3) is 4.75. The number of anilines is 2. The van der Waals surface area contributed by atoms with E-state index in [0.717, 1.165) is 6.07 Å². The summed E-state index contributed by atoms with van der Waals surface area (Å²) in [7, 11) is 1.53. The van der Waals surface area contributed by atoms with E-state index in [-0.39, 0.29) is 0 Å². The van der Waals surface area contributed by atoms with Crippen LogP contribution in [0.4, 0.5) is 33.7 Å². The Morgan fingerprint density at radius 2 is 1.68 bits per heavy atom. The van der Waals surface area contributed by atoms with Gasteiger partial charge in [-0.25, -0.2) is 14.2 Å². The van der Waals surface area contributed by atoms with E-state index >= 15 is 0 Å². The first kappa shape index (κ1) is 23.0. The smallest absolute Gasteiger partial charge is 0.311 e. The van der Waals surface area contributed by atoms with Crippen molar-refractivity contribution in [2.24, 2.45) is 4.99 Å². The fourth-order valence-electron chi connectivity index (χ4n) is 3.56. The molecule has 0 bridgehead atoms. The number of urea groups is 1. The minimum atomic E-state index is -4.80. The van der Waals surface area contributed by atoms with E-state index < -0.39 is 41.3 Å². The number of nitrogens with one attached hydrogen (secondary N) is 2. The number of alkyl halides is 3. The summed E-state index contributed by atoms with van der Waals surface area (Å²) < 4.78 is 52.6. The molecule has 34 heavy (non-hydrogen) atoms. The van der Waals surface area contributed by atoms with Crippen LogP contribution in [-0.4, -0.2) is 30.9 Å². The van der Waals surface area contributed by atoms with Crippen molar-refractivity contribution >= 4 is 29.0 Å². The molecule has 3 aromatic rings. The van der Waals surface area contributed by atoms with Gasteiger partial charge in [-0.3, -0.25) is 4.79 Å². The maximum atomic E-state index is 13.7. The van der Waals surface area contributed by atoms with E-state index in [1.807, 2.05) is 6.07 Å². The Bertz CT molecular complexity index is 1280. The van der Waals surface area contributed by atoms with E-state index in [2.05, 4.69) is 15.6 Å². The largest absolute Gasteiger partial charge is 0.416 e. The van der Waals surface area contributed by atoms with Crippen molar-refractivity contribution in [2.75, 3.05) is 17.3 Å². The summed E-state index contributed by atoms with van der Waals surface area (Å²) in [6, 6.07) is 16.7. The number of rotatable bonds is 3. The lowest BCUT2D eigenvalue weighted by Gasteiger charge is -2.21. The molecule has 0 saturated carbocycles. The Labute approximate surface area is 191 Å². The van der Waals surface area contributed by atoms with E-state index in [1.165, 1.54) is 11.9 Å². The lowest BCUT2D eigenvalue weighted by atomic mass is 10.0. The quantitative estimate of drug-likeness (QED) is 0.540. The van der Waals surface area contributed by atoms with Gasteiger partial charge in [0.2, 0.25) is 6.17 Å². The maximum absolute atomic E-state index is 13.7. The molecule has 1 heterocycles. The average Bonchev–Trinajstić information content (AvgIpc) is 2.89. The number of aliphatic imine (C=N–C) groups is 1. The van der Waals surface area contributed by atoms with Crippen LogP contribution in [0, 0.1) is 5.82 Å². The third-order valence-electron chi connectivity index (χ3n) is 5.14. The molecular weight excluding hydrogens is 452 g/mol. The summed E-state index contributed by atoms with van der Waals surface area (Å²) in [6.07, 6.45) is -6.18. The van der Waals surface area contributed by atoms with Crippen LogP contribution in [0.25, 0.3) is 0 Å². The molecule has 0 fully saturated rings. The summed E-state index contributed by atoms with van der Waals surface area (Å²) in [5.74, 6) is -1.74. The van der Waals surface area contributed by atoms with Crippen molar-refractivity contribution in [3.05, 3.63) is 95.3 Å². The molecule has 3 amide bonds. The van der Waals surface area contributed by atoms with E-state index in [4.69, 9.17) is 0 Å². The molecule has 1 aliphatic rings. The SMILES string of the molecule is CN1C(=O)[C@H](NC(=O)Nc2cc(F)cc(C(F)(F)F)c2)N=C(c2ccccc2)c2ccccc21. The Balaban J connectivity index is 1.66. The lowest BCUT2D eigenvalue weighted by Crippen LogP contribution is -2.47. The van der Waals surface area contributed by atoms with Crippen molar-refractivity contribution in [2.45, 2.75) is 12.3 Å². The Hall–Kier alpha value is -4.21. The zero-order valence-electron chi connectivity index (χ0n) is 17.7. The van der Waals surface area contributed by atoms with Gasteiger partial charge in [0.1, 0.15) is 5.82 Å². The second-order valence-corrected chi connectivity index (χ2v) is 7.49. The van der Waals surface area contributed by atoms with Crippen LogP contribution in [0.15, 0.2) is 77.8 Å². The first-order valence-electron chi connectivity index (χ1n) is 10.1. The number of carbonyl (C=O) groups excluding carboxylic acids is 2. The number of para-hydroxylation sites is 1. The van der Waals surface area contributed by atoms with Gasteiger partial charge in [-0.15, -0.1) is 0 Å². The van der Waals surface area contributed by atoms with Crippen LogP contribution in [0.5, 0.6) is 0 Å². The topological polar surface area (TPSA) is 73.8 Å². The van der Waals surface area contributed by atoms with E-state index in [0.29, 0.717) is 34.7 Å². The average molecular weight is 470 g/mol. The number of amides is 3. The first-order valence-corrected chi connectivity index (χ1v) is 10.1. The third-order valence-corrected chi connectivity index (χ3v) is 5.14. The molecular formula is C24H18F4N4O2. The Morgan fingerprint density at radius 3 is 2.38 bits per heavy atom. The summed E-state index contributed by atoms with van der Waals surface area (Å²) in [4.78, 5) is 31.5. The predicted octanol–water partition coefficient (Wildman–Crippen LogP) is 4.81. The van der Waals surface area contributed by atoms with Crippen LogP contribution in [0.2, 0.25) is 0 Å². The molecule has 2 N–H and O–H groups in total. The van der Waals surface area contributed by atoms with Crippen molar-refractivity contribution in [1.29, 1.82) is 0 Å². The molecule has 3 aromatic carbocycles.